The molecule has 0 saturated carbocycles. The Morgan fingerprint density at radius 2 is 1.60 bits per heavy atom. The molecule has 4 aromatic rings. The van der Waals surface area contributed by atoms with E-state index in [1.165, 1.54) is 17.7 Å². The summed E-state index contributed by atoms with van der Waals surface area (Å²) in [5.41, 5.74) is 6.38. The van der Waals surface area contributed by atoms with Gasteiger partial charge in [0.05, 0.1) is 5.56 Å². The van der Waals surface area contributed by atoms with Crippen molar-refractivity contribution in [2.75, 3.05) is 13.6 Å². The molecular weight excluding hydrogens is 503 g/mol. The number of amides is 2. The summed E-state index contributed by atoms with van der Waals surface area (Å²) >= 11 is 0. The molecule has 0 saturated heterocycles. The molecule has 2 amide bonds. The topological polar surface area (TPSA) is 71.3 Å². The molecule has 1 aromatic heterocycles. The van der Waals surface area contributed by atoms with E-state index in [4.69, 9.17) is 4.42 Å². The third kappa shape index (κ3) is 6.07. The van der Waals surface area contributed by atoms with Crippen molar-refractivity contribution in [3.8, 4) is 22.5 Å². The average Bonchev–Trinajstić information content (AvgIpc) is 3.34. The zero-order valence-corrected chi connectivity index (χ0v) is 23.7. The van der Waals surface area contributed by atoms with Gasteiger partial charge in [0.2, 0.25) is 0 Å². The van der Waals surface area contributed by atoms with Gasteiger partial charge in [-0.1, -0.05) is 57.2 Å². The van der Waals surface area contributed by atoms with Crippen molar-refractivity contribution in [3.63, 3.8) is 0 Å². The van der Waals surface area contributed by atoms with Crippen LogP contribution in [0.4, 0.5) is 4.39 Å². The zero-order valence-electron chi connectivity index (χ0n) is 23.7. The van der Waals surface area contributed by atoms with Crippen LogP contribution in [0.5, 0.6) is 0 Å². The molecule has 0 aliphatic heterocycles. The van der Waals surface area contributed by atoms with Crippen LogP contribution in [0.15, 0.2) is 83.3 Å². The summed E-state index contributed by atoms with van der Waals surface area (Å²) in [6.45, 7) is 13.0. The van der Waals surface area contributed by atoms with Crippen LogP contribution in [0.3, 0.4) is 0 Å². The van der Waals surface area contributed by atoms with Crippen LogP contribution in [0.2, 0.25) is 0 Å². The quantitative estimate of drug-likeness (QED) is 0.212. The van der Waals surface area contributed by atoms with Crippen LogP contribution >= 0.6 is 0 Å². The Balaban J connectivity index is 1.85. The number of hydrogen-bond acceptors (Lipinski definition) is 3. The molecule has 0 atom stereocenters. The third-order valence-corrected chi connectivity index (χ3v) is 6.84. The Hall–Kier alpha value is -4.45. The van der Waals surface area contributed by atoms with E-state index in [1.807, 2.05) is 63.2 Å². The van der Waals surface area contributed by atoms with Gasteiger partial charge in [-0.05, 0) is 84.0 Å². The fourth-order valence-electron chi connectivity index (χ4n) is 4.49. The van der Waals surface area contributed by atoms with Gasteiger partial charge in [-0.2, -0.15) is 0 Å². The van der Waals surface area contributed by atoms with Gasteiger partial charge in [0, 0.05) is 30.1 Å². The monoisotopic (exact) mass is 538 g/mol. The number of carbonyl (C=O) groups is 2. The summed E-state index contributed by atoms with van der Waals surface area (Å²) in [6, 6.07) is 17.2. The number of fused-ring (bicyclic) bond motifs is 1. The Labute approximate surface area is 234 Å². The highest BCUT2D eigenvalue weighted by atomic mass is 19.1. The van der Waals surface area contributed by atoms with E-state index in [2.05, 4.69) is 24.1 Å². The number of benzene rings is 3. The smallest absolute Gasteiger partial charge is 0.255 e. The molecule has 0 aliphatic rings. The van der Waals surface area contributed by atoms with Crippen LogP contribution in [0.1, 0.15) is 60.4 Å². The van der Waals surface area contributed by atoms with Crippen LogP contribution in [0.25, 0.3) is 39.0 Å². The van der Waals surface area contributed by atoms with Crippen LogP contribution in [-0.2, 0) is 0 Å². The van der Waals surface area contributed by atoms with Gasteiger partial charge >= 0.3 is 0 Å². The minimum Gasteiger partial charge on any atom is -0.455 e. The highest BCUT2D eigenvalue weighted by molar-refractivity contribution is 6.12. The van der Waals surface area contributed by atoms with Gasteiger partial charge in [-0.25, -0.2) is 4.39 Å². The summed E-state index contributed by atoms with van der Waals surface area (Å²) in [5.74, 6) is -0.173. The van der Waals surface area contributed by atoms with E-state index in [0.29, 0.717) is 45.9 Å². The van der Waals surface area contributed by atoms with E-state index >= 15 is 0 Å². The zero-order chi connectivity index (χ0) is 29.0. The summed E-state index contributed by atoms with van der Waals surface area (Å²) in [7, 11) is 1.56. The largest absolute Gasteiger partial charge is 0.455 e. The number of carbonyl (C=O) groups excluding carboxylic acids is 2. The summed E-state index contributed by atoms with van der Waals surface area (Å²) < 4.78 is 19.6. The lowest BCUT2D eigenvalue weighted by atomic mass is 9.93. The lowest BCUT2D eigenvalue weighted by Crippen LogP contribution is -2.28. The summed E-state index contributed by atoms with van der Waals surface area (Å²) in [6.07, 6.45) is 2.91. The molecule has 0 unspecified atom stereocenters. The van der Waals surface area contributed by atoms with Crippen molar-refractivity contribution in [2.45, 2.75) is 34.1 Å². The lowest BCUT2D eigenvalue weighted by molar-refractivity contribution is 0.0945. The molecule has 0 radical (unpaired) electrons. The molecule has 4 rings (SSSR count). The number of hydrogen-bond donors (Lipinski definition) is 2. The second-order valence-corrected chi connectivity index (χ2v) is 10.3. The first kappa shape index (κ1) is 28.6. The van der Waals surface area contributed by atoms with E-state index in [1.54, 1.807) is 19.2 Å². The summed E-state index contributed by atoms with van der Waals surface area (Å²) in [4.78, 5) is 26.3. The van der Waals surface area contributed by atoms with Crippen molar-refractivity contribution in [2.24, 2.45) is 5.92 Å². The predicted octanol–water partition coefficient (Wildman–Crippen LogP) is 8.02. The van der Waals surface area contributed by atoms with Crippen LogP contribution in [-0.4, -0.2) is 25.4 Å². The lowest BCUT2D eigenvalue weighted by Gasteiger charge is -2.14. The minimum absolute atomic E-state index is 0.164. The maximum absolute atomic E-state index is 13.6. The van der Waals surface area contributed by atoms with E-state index < -0.39 is 0 Å². The fraction of sp³-hybridized carbons (Fsp3) is 0.235. The van der Waals surface area contributed by atoms with Crippen molar-refractivity contribution >= 4 is 28.4 Å². The molecule has 2 N–H and O–H groups in total. The molecule has 0 bridgehead atoms. The highest BCUT2D eigenvalue weighted by Crippen LogP contribution is 2.37. The van der Waals surface area contributed by atoms with Crippen molar-refractivity contribution in [3.05, 3.63) is 101 Å². The first-order valence-corrected chi connectivity index (χ1v) is 13.5. The van der Waals surface area contributed by atoms with Crippen molar-refractivity contribution < 1.29 is 18.4 Å². The Bertz CT molecular complexity index is 1610. The number of allylic oxidation sites excluding steroid dienone is 3. The Kier molecular flexibility index (Phi) is 8.68. The number of nitrogens with one attached hydrogen (secondary N) is 2. The molecule has 1 heterocycles. The molecule has 40 heavy (non-hydrogen) atoms. The van der Waals surface area contributed by atoms with Gasteiger partial charge in [-0.3, -0.25) is 9.59 Å². The van der Waals surface area contributed by atoms with Gasteiger partial charge < -0.3 is 15.1 Å². The highest BCUT2D eigenvalue weighted by Gasteiger charge is 2.22. The first-order chi connectivity index (χ1) is 19.1. The van der Waals surface area contributed by atoms with Crippen LogP contribution < -0.4 is 10.6 Å². The Morgan fingerprint density at radius 3 is 2.25 bits per heavy atom. The van der Waals surface area contributed by atoms with Gasteiger partial charge in [0.1, 0.15) is 17.2 Å². The van der Waals surface area contributed by atoms with E-state index in [0.717, 1.165) is 28.7 Å². The molecule has 5 nitrogen and oxygen atoms in total. The normalized spacial score (nSPS) is 11.6. The Morgan fingerprint density at radius 1 is 0.950 bits per heavy atom. The standard InChI is InChI=1S/C34H35FN2O3/c1-7-21(4)16-22(5)27-14-10-24(17-28(27)33(38)37-19-20(2)3)25-11-15-30-29(18-25)31(34(39)36-6)32(40-30)23-8-12-26(35)13-9-23/h8-18,20H,5,7,19H2,1-4,6H3,(H,36,39)(H,37,38)/b21-16-. The van der Waals surface area contributed by atoms with Gasteiger partial charge in [0.25, 0.3) is 11.8 Å². The van der Waals surface area contributed by atoms with Crippen molar-refractivity contribution in [1.82, 2.24) is 10.6 Å². The number of halogens is 1. The molecule has 0 aliphatic carbocycles. The molecule has 6 heteroatoms. The van der Waals surface area contributed by atoms with Crippen LogP contribution in [0, 0.1) is 11.7 Å². The van der Waals surface area contributed by atoms with E-state index in [-0.39, 0.29) is 17.6 Å². The SMILES string of the molecule is C=C(/C=C(/C)CC)c1ccc(-c2ccc3oc(-c4ccc(F)cc4)c(C(=O)NC)c3c2)cc1C(=O)NCC(C)C. The first-order valence-electron chi connectivity index (χ1n) is 13.5. The molecule has 0 fully saturated rings. The second-order valence-electron chi connectivity index (χ2n) is 10.3. The van der Waals surface area contributed by atoms with E-state index in [9.17, 15) is 14.0 Å². The molecule has 3 aromatic carbocycles. The van der Waals surface area contributed by atoms with Gasteiger partial charge in [0.15, 0.2) is 0 Å². The van der Waals surface area contributed by atoms with Crippen molar-refractivity contribution in [1.29, 1.82) is 0 Å². The number of furan rings is 1. The predicted molar refractivity (Wildman–Crippen MR) is 161 cm³/mol. The fourth-order valence-corrected chi connectivity index (χ4v) is 4.49. The summed E-state index contributed by atoms with van der Waals surface area (Å²) in [5, 5.41) is 6.34. The molecule has 0 spiro atoms. The maximum atomic E-state index is 13.6. The third-order valence-electron chi connectivity index (χ3n) is 6.84. The number of rotatable bonds is 9. The molecule has 206 valence electrons. The van der Waals surface area contributed by atoms with Gasteiger partial charge in [-0.15, -0.1) is 0 Å². The molecular formula is C34H35FN2O3. The maximum Gasteiger partial charge on any atom is 0.255 e. The average molecular weight is 539 g/mol. The second kappa shape index (κ2) is 12.2. The minimum atomic E-state index is -0.372.